The van der Waals surface area contributed by atoms with E-state index in [-0.39, 0.29) is 25.3 Å². The summed E-state index contributed by atoms with van der Waals surface area (Å²) in [5, 5.41) is 12.4. The van der Waals surface area contributed by atoms with Crippen molar-refractivity contribution in [3.63, 3.8) is 0 Å². The molecule has 6 heteroatoms. The van der Waals surface area contributed by atoms with Crippen LogP contribution in [0.3, 0.4) is 0 Å². The lowest BCUT2D eigenvalue weighted by Gasteiger charge is -2.13. The zero-order valence-corrected chi connectivity index (χ0v) is 11.6. The standard InChI is InChI=1S/C14H20F3NO2/c1-9(2)7-20-8-11(19)6-18-5-10-3-12(15)14(17)13(16)4-10/h3-4,9,11,18-19H,5-8H2,1-2H3. The van der Waals surface area contributed by atoms with Gasteiger partial charge in [0.05, 0.1) is 12.7 Å². The summed E-state index contributed by atoms with van der Waals surface area (Å²) in [4.78, 5) is 0. The number of hydrogen-bond acceptors (Lipinski definition) is 3. The predicted molar refractivity (Wildman–Crippen MR) is 69.7 cm³/mol. The molecule has 20 heavy (non-hydrogen) atoms. The van der Waals surface area contributed by atoms with E-state index >= 15 is 0 Å². The smallest absolute Gasteiger partial charge is 0.194 e. The first-order valence-electron chi connectivity index (χ1n) is 6.50. The Kier molecular flexibility index (Phi) is 6.98. The van der Waals surface area contributed by atoms with E-state index in [4.69, 9.17) is 4.74 Å². The highest BCUT2D eigenvalue weighted by atomic mass is 19.2. The highest BCUT2D eigenvalue weighted by Gasteiger charge is 2.11. The SMILES string of the molecule is CC(C)COCC(O)CNCc1cc(F)c(F)c(F)c1. The molecule has 0 fully saturated rings. The Morgan fingerprint density at radius 3 is 2.30 bits per heavy atom. The number of hydrogen-bond donors (Lipinski definition) is 2. The summed E-state index contributed by atoms with van der Waals surface area (Å²) in [6, 6.07) is 1.85. The third kappa shape index (κ3) is 5.90. The molecule has 0 bridgehead atoms. The summed E-state index contributed by atoms with van der Waals surface area (Å²) in [5.41, 5.74) is 0.275. The highest BCUT2D eigenvalue weighted by molar-refractivity contribution is 5.19. The lowest BCUT2D eigenvalue weighted by atomic mass is 10.2. The molecule has 0 saturated carbocycles. The summed E-state index contributed by atoms with van der Waals surface area (Å²) >= 11 is 0. The van der Waals surface area contributed by atoms with Gasteiger partial charge in [0.1, 0.15) is 0 Å². The number of aliphatic hydroxyl groups is 1. The fraction of sp³-hybridized carbons (Fsp3) is 0.571. The molecule has 1 aromatic rings. The largest absolute Gasteiger partial charge is 0.389 e. The lowest BCUT2D eigenvalue weighted by molar-refractivity contribution is 0.0260. The first-order chi connectivity index (χ1) is 9.40. The van der Waals surface area contributed by atoms with Crippen LogP contribution in [0, 0.1) is 23.4 Å². The quantitative estimate of drug-likeness (QED) is 0.722. The van der Waals surface area contributed by atoms with Crippen LogP contribution in [-0.2, 0) is 11.3 Å². The Bertz CT molecular complexity index is 404. The summed E-state index contributed by atoms with van der Waals surface area (Å²) in [6.45, 7) is 5.11. The first-order valence-corrected chi connectivity index (χ1v) is 6.50. The van der Waals surface area contributed by atoms with Gasteiger partial charge in [-0.05, 0) is 23.6 Å². The maximum Gasteiger partial charge on any atom is 0.194 e. The van der Waals surface area contributed by atoms with E-state index < -0.39 is 23.6 Å². The molecule has 1 unspecified atom stereocenters. The molecule has 0 radical (unpaired) electrons. The van der Waals surface area contributed by atoms with Crippen molar-refractivity contribution in [2.24, 2.45) is 5.92 Å². The van der Waals surface area contributed by atoms with Crippen molar-refractivity contribution < 1.29 is 23.0 Å². The molecular weight excluding hydrogens is 271 g/mol. The normalized spacial score (nSPS) is 12.9. The van der Waals surface area contributed by atoms with Crippen LogP contribution >= 0.6 is 0 Å². The number of aliphatic hydroxyl groups excluding tert-OH is 1. The van der Waals surface area contributed by atoms with Gasteiger partial charge >= 0.3 is 0 Å². The minimum atomic E-state index is -1.48. The van der Waals surface area contributed by atoms with Crippen molar-refractivity contribution >= 4 is 0 Å². The Morgan fingerprint density at radius 2 is 1.75 bits per heavy atom. The van der Waals surface area contributed by atoms with E-state index in [1.807, 2.05) is 13.8 Å². The van der Waals surface area contributed by atoms with E-state index in [1.54, 1.807) is 0 Å². The average Bonchev–Trinajstić information content (AvgIpc) is 2.35. The van der Waals surface area contributed by atoms with E-state index in [2.05, 4.69) is 5.32 Å². The molecule has 0 saturated heterocycles. The number of ether oxygens (including phenoxy) is 1. The third-order valence-corrected chi connectivity index (χ3v) is 2.51. The molecule has 1 atom stereocenters. The minimum Gasteiger partial charge on any atom is -0.389 e. The molecule has 0 heterocycles. The van der Waals surface area contributed by atoms with Crippen LogP contribution in [0.15, 0.2) is 12.1 Å². The number of benzene rings is 1. The summed E-state index contributed by atoms with van der Waals surface area (Å²) in [7, 11) is 0. The molecule has 0 spiro atoms. The third-order valence-electron chi connectivity index (χ3n) is 2.51. The van der Waals surface area contributed by atoms with Crippen molar-refractivity contribution in [1.29, 1.82) is 0 Å². The van der Waals surface area contributed by atoms with Crippen LogP contribution < -0.4 is 5.32 Å². The first kappa shape index (κ1) is 16.9. The number of nitrogens with one attached hydrogen (secondary N) is 1. The van der Waals surface area contributed by atoms with E-state index in [0.29, 0.717) is 12.5 Å². The molecule has 0 aliphatic heterocycles. The lowest BCUT2D eigenvalue weighted by Crippen LogP contribution is -2.30. The van der Waals surface area contributed by atoms with Gasteiger partial charge in [0.15, 0.2) is 17.5 Å². The second kappa shape index (κ2) is 8.24. The number of halogens is 3. The van der Waals surface area contributed by atoms with Crippen LogP contribution in [0.1, 0.15) is 19.4 Å². The molecule has 0 aliphatic rings. The van der Waals surface area contributed by atoms with Gasteiger partial charge in [-0.3, -0.25) is 0 Å². The topological polar surface area (TPSA) is 41.5 Å². The zero-order chi connectivity index (χ0) is 15.1. The van der Waals surface area contributed by atoms with Crippen LogP contribution in [0.25, 0.3) is 0 Å². The number of rotatable bonds is 8. The van der Waals surface area contributed by atoms with Gasteiger partial charge in [-0.25, -0.2) is 13.2 Å². The zero-order valence-electron chi connectivity index (χ0n) is 11.6. The molecule has 2 N–H and O–H groups in total. The van der Waals surface area contributed by atoms with Gasteiger partial charge in [-0.1, -0.05) is 13.8 Å². The van der Waals surface area contributed by atoms with Gasteiger partial charge in [0.25, 0.3) is 0 Å². The van der Waals surface area contributed by atoms with E-state index in [0.717, 1.165) is 12.1 Å². The molecule has 0 aliphatic carbocycles. The van der Waals surface area contributed by atoms with Crippen molar-refractivity contribution in [1.82, 2.24) is 5.32 Å². The maximum atomic E-state index is 13.0. The van der Waals surface area contributed by atoms with Gasteiger partial charge in [0.2, 0.25) is 0 Å². The Balaban J connectivity index is 2.30. The molecule has 0 amide bonds. The monoisotopic (exact) mass is 291 g/mol. The Morgan fingerprint density at radius 1 is 1.15 bits per heavy atom. The Hall–Kier alpha value is -1.11. The van der Waals surface area contributed by atoms with E-state index in [1.165, 1.54) is 0 Å². The van der Waals surface area contributed by atoms with Crippen LogP contribution in [0.2, 0.25) is 0 Å². The summed E-state index contributed by atoms with van der Waals surface area (Å²) < 4.78 is 43.9. The van der Waals surface area contributed by atoms with Crippen molar-refractivity contribution in [2.75, 3.05) is 19.8 Å². The van der Waals surface area contributed by atoms with Crippen molar-refractivity contribution in [3.8, 4) is 0 Å². The molecule has 3 nitrogen and oxygen atoms in total. The minimum absolute atomic E-state index is 0.134. The van der Waals surface area contributed by atoms with Gasteiger partial charge in [0, 0.05) is 19.7 Å². The van der Waals surface area contributed by atoms with Gasteiger partial charge in [-0.15, -0.1) is 0 Å². The van der Waals surface area contributed by atoms with Crippen LogP contribution in [0.5, 0.6) is 0 Å². The van der Waals surface area contributed by atoms with Crippen LogP contribution in [-0.4, -0.2) is 31.0 Å². The van der Waals surface area contributed by atoms with Crippen molar-refractivity contribution in [2.45, 2.75) is 26.5 Å². The molecule has 114 valence electrons. The molecule has 0 aromatic heterocycles. The van der Waals surface area contributed by atoms with Gasteiger partial charge < -0.3 is 15.2 Å². The molecule has 1 aromatic carbocycles. The second-order valence-electron chi connectivity index (χ2n) is 5.09. The summed E-state index contributed by atoms with van der Waals surface area (Å²) in [6.07, 6.45) is -0.705. The van der Waals surface area contributed by atoms with Crippen molar-refractivity contribution in [3.05, 3.63) is 35.1 Å². The second-order valence-corrected chi connectivity index (χ2v) is 5.09. The fourth-order valence-electron chi connectivity index (χ4n) is 1.59. The summed E-state index contributed by atoms with van der Waals surface area (Å²) in [5.74, 6) is -3.53. The van der Waals surface area contributed by atoms with Gasteiger partial charge in [-0.2, -0.15) is 0 Å². The molecular formula is C14H20F3NO2. The molecule has 1 rings (SSSR count). The maximum absolute atomic E-state index is 13.0. The fourth-order valence-corrected chi connectivity index (χ4v) is 1.59. The average molecular weight is 291 g/mol. The van der Waals surface area contributed by atoms with E-state index in [9.17, 15) is 18.3 Å². The Labute approximate surface area is 116 Å². The highest BCUT2D eigenvalue weighted by Crippen LogP contribution is 2.13. The predicted octanol–water partition coefficient (Wildman–Crippen LogP) is 2.23. The van der Waals surface area contributed by atoms with Crippen LogP contribution in [0.4, 0.5) is 13.2 Å².